The average molecular weight is 372 g/mol. The van der Waals surface area contributed by atoms with Gasteiger partial charge in [-0.25, -0.2) is 4.99 Å². The number of aromatic nitrogens is 2. The molecular weight excluding hydrogens is 338 g/mol. The fourth-order valence-corrected chi connectivity index (χ4v) is 2.75. The van der Waals surface area contributed by atoms with E-state index in [4.69, 9.17) is 9.73 Å². The molecule has 1 aromatic heterocycles. The summed E-state index contributed by atoms with van der Waals surface area (Å²) in [6.45, 7) is 9.31. The number of benzene rings is 1. The van der Waals surface area contributed by atoms with E-state index in [1.54, 1.807) is 0 Å². The first-order chi connectivity index (χ1) is 13.1. The molecule has 0 atom stereocenters. The molecule has 1 heterocycles. The zero-order valence-electron chi connectivity index (χ0n) is 17.1. The van der Waals surface area contributed by atoms with Crippen molar-refractivity contribution in [3.63, 3.8) is 0 Å². The number of aliphatic imine (C=N–C) groups is 1. The Morgan fingerprint density at radius 2 is 2.11 bits per heavy atom. The first kappa shape index (κ1) is 20.8. The molecule has 0 saturated heterocycles. The summed E-state index contributed by atoms with van der Waals surface area (Å²) in [6, 6.07) is 6.31. The van der Waals surface area contributed by atoms with Gasteiger partial charge in [0.15, 0.2) is 5.96 Å². The third kappa shape index (κ3) is 7.33. The second-order valence-corrected chi connectivity index (χ2v) is 6.71. The molecule has 2 rings (SSSR count). The number of nitrogens with zero attached hydrogens (tertiary/aromatic N) is 3. The van der Waals surface area contributed by atoms with Gasteiger partial charge >= 0.3 is 0 Å². The molecule has 6 nitrogen and oxygen atoms in total. The van der Waals surface area contributed by atoms with E-state index in [0.717, 1.165) is 56.2 Å². The Balaban J connectivity index is 1.90. The molecule has 0 fully saturated rings. The van der Waals surface area contributed by atoms with Crippen molar-refractivity contribution in [2.45, 2.75) is 46.6 Å². The second kappa shape index (κ2) is 11.3. The van der Waals surface area contributed by atoms with Gasteiger partial charge in [0.25, 0.3) is 0 Å². The summed E-state index contributed by atoms with van der Waals surface area (Å²) in [6.07, 6.45) is 7.03. The molecule has 27 heavy (non-hydrogen) atoms. The predicted molar refractivity (Wildman–Crippen MR) is 111 cm³/mol. The van der Waals surface area contributed by atoms with Gasteiger partial charge in [-0.1, -0.05) is 19.1 Å². The van der Waals surface area contributed by atoms with Crippen LogP contribution in [0.5, 0.6) is 5.75 Å². The standard InChI is InChI=1S/C21H33N5O/c1-5-12-27-20-13-17(3)9-10-19(20)15-24-21(22-6-2)23-11-7-8-18-14-25-26(4)16-18/h9-10,13-14,16H,5-8,11-12,15H2,1-4H3,(H2,22,23,24). The first-order valence-electron chi connectivity index (χ1n) is 9.84. The van der Waals surface area contributed by atoms with Gasteiger partial charge in [-0.15, -0.1) is 0 Å². The highest BCUT2D eigenvalue weighted by molar-refractivity contribution is 5.79. The molecule has 0 saturated carbocycles. The van der Waals surface area contributed by atoms with E-state index >= 15 is 0 Å². The minimum absolute atomic E-state index is 0.595. The second-order valence-electron chi connectivity index (χ2n) is 6.71. The van der Waals surface area contributed by atoms with Crippen LogP contribution in [-0.4, -0.2) is 35.4 Å². The van der Waals surface area contributed by atoms with E-state index in [-0.39, 0.29) is 0 Å². The average Bonchev–Trinajstić information content (AvgIpc) is 3.07. The van der Waals surface area contributed by atoms with Crippen molar-refractivity contribution in [1.29, 1.82) is 0 Å². The predicted octanol–water partition coefficient (Wildman–Crippen LogP) is 3.21. The van der Waals surface area contributed by atoms with Crippen LogP contribution in [0.2, 0.25) is 0 Å². The summed E-state index contributed by atoms with van der Waals surface area (Å²) in [5.41, 5.74) is 3.58. The van der Waals surface area contributed by atoms with Gasteiger partial charge < -0.3 is 15.4 Å². The molecule has 148 valence electrons. The van der Waals surface area contributed by atoms with E-state index < -0.39 is 0 Å². The lowest BCUT2D eigenvalue weighted by Crippen LogP contribution is -2.37. The van der Waals surface area contributed by atoms with Gasteiger partial charge in [0.1, 0.15) is 5.75 Å². The number of nitrogens with one attached hydrogen (secondary N) is 2. The normalized spacial score (nSPS) is 11.5. The smallest absolute Gasteiger partial charge is 0.191 e. The molecule has 0 aliphatic heterocycles. The largest absolute Gasteiger partial charge is 0.493 e. The summed E-state index contributed by atoms with van der Waals surface area (Å²) in [7, 11) is 1.95. The summed E-state index contributed by atoms with van der Waals surface area (Å²) >= 11 is 0. The van der Waals surface area contributed by atoms with Crippen LogP contribution in [0, 0.1) is 6.92 Å². The minimum atomic E-state index is 0.595. The highest BCUT2D eigenvalue weighted by Crippen LogP contribution is 2.21. The van der Waals surface area contributed by atoms with E-state index in [9.17, 15) is 0 Å². The highest BCUT2D eigenvalue weighted by atomic mass is 16.5. The van der Waals surface area contributed by atoms with E-state index in [1.807, 2.05) is 17.9 Å². The van der Waals surface area contributed by atoms with Crippen LogP contribution >= 0.6 is 0 Å². The molecule has 2 aromatic rings. The fraction of sp³-hybridized carbons (Fsp3) is 0.524. The Kier molecular flexibility index (Phi) is 8.68. The number of hydrogen-bond acceptors (Lipinski definition) is 3. The highest BCUT2D eigenvalue weighted by Gasteiger charge is 2.05. The number of ether oxygens (including phenoxy) is 1. The van der Waals surface area contributed by atoms with Crippen molar-refractivity contribution in [1.82, 2.24) is 20.4 Å². The Bertz CT molecular complexity index is 723. The SMILES string of the molecule is CCCOc1cc(C)ccc1CN=C(NCC)NCCCc1cnn(C)c1. The zero-order chi connectivity index (χ0) is 19.5. The lowest BCUT2D eigenvalue weighted by Gasteiger charge is -2.13. The molecular formula is C21H33N5O. The van der Waals surface area contributed by atoms with Crippen LogP contribution in [0.4, 0.5) is 0 Å². The van der Waals surface area contributed by atoms with Crippen molar-refractivity contribution < 1.29 is 4.74 Å². The van der Waals surface area contributed by atoms with E-state index in [0.29, 0.717) is 6.54 Å². The van der Waals surface area contributed by atoms with Crippen molar-refractivity contribution in [2.75, 3.05) is 19.7 Å². The van der Waals surface area contributed by atoms with Gasteiger partial charge in [0.2, 0.25) is 0 Å². The molecule has 2 N–H and O–H groups in total. The molecule has 0 aliphatic carbocycles. The van der Waals surface area contributed by atoms with E-state index in [2.05, 4.69) is 60.9 Å². The third-order valence-electron chi connectivity index (χ3n) is 4.13. The molecule has 0 aliphatic rings. The van der Waals surface area contributed by atoms with Crippen LogP contribution in [-0.2, 0) is 20.0 Å². The van der Waals surface area contributed by atoms with Crippen molar-refractivity contribution in [3.8, 4) is 5.75 Å². The quantitative estimate of drug-likeness (QED) is 0.382. The summed E-state index contributed by atoms with van der Waals surface area (Å²) in [4.78, 5) is 4.73. The maximum Gasteiger partial charge on any atom is 0.191 e. The summed E-state index contributed by atoms with van der Waals surface area (Å²) < 4.78 is 7.73. The monoisotopic (exact) mass is 371 g/mol. The molecule has 1 aromatic carbocycles. The van der Waals surface area contributed by atoms with Crippen LogP contribution in [0.15, 0.2) is 35.6 Å². The molecule has 6 heteroatoms. The third-order valence-corrected chi connectivity index (χ3v) is 4.13. The molecule has 0 unspecified atom stereocenters. The fourth-order valence-electron chi connectivity index (χ4n) is 2.75. The van der Waals surface area contributed by atoms with Gasteiger partial charge in [-0.3, -0.25) is 4.68 Å². The van der Waals surface area contributed by atoms with Crippen LogP contribution < -0.4 is 15.4 Å². The van der Waals surface area contributed by atoms with Crippen molar-refractivity contribution in [3.05, 3.63) is 47.3 Å². The molecule has 0 spiro atoms. The Labute approximate surface area is 163 Å². The Hall–Kier alpha value is -2.50. The summed E-state index contributed by atoms with van der Waals surface area (Å²) in [5, 5.41) is 10.9. The zero-order valence-corrected chi connectivity index (χ0v) is 17.1. The molecule has 0 amide bonds. The maximum atomic E-state index is 5.89. The lowest BCUT2D eigenvalue weighted by molar-refractivity contribution is 0.314. The Morgan fingerprint density at radius 1 is 1.26 bits per heavy atom. The number of guanidine groups is 1. The minimum Gasteiger partial charge on any atom is -0.493 e. The summed E-state index contributed by atoms with van der Waals surface area (Å²) in [5.74, 6) is 1.78. The Morgan fingerprint density at radius 3 is 2.81 bits per heavy atom. The van der Waals surface area contributed by atoms with E-state index in [1.165, 1.54) is 11.1 Å². The van der Waals surface area contributed by atoms with Crippen LogP contribution in [0.1, 0.15) is 43.4 Å². The molecule has 0 bridgehead atoms. The van der Waals surface area contributed by atoms with Gasteiger partial charge in [-0.2, -0.15) is 5.10 Å². The number of rotatable bonds is 10. The maximum absolute atomic E-state index is 5.89. The van der Waals surface area contributed by atoms with Crippen LogP contribution in [0.25, 0.3) is 0 Å². The van der Waals surface area contributed by atoms with Crippen molar-refractivity contribution in [2.24, 2.45) is 12.0 Å². The lowest BCUT2D eigenvalue weighted by atomic mass is 10.1. The number of aryl methyl sites for hydroxylation is 3. The number of hydrogen-bond donors (Lipinski definition) is 2. The van der Waals surface area contributed by atoms with Crippen LogP contribution in [0.3, 0.4) is 0 Å². The topological polar surface area (TPSA) is 63.5 Å². The van der Waals surface area contributed by atoms with Crippen molar-refractivity contribution >= 4 is 5.96 Å². The van der Waals surface area contributed by atoms with Gasteiger partial charge in [0, 0.05) is 31.9 Å². The van der Waals surface area contributed by atoms with Gasteiger partial charge in [0.05, 0.1) is 19.3 Å². The van der Waals surface area contributed by atoms with Gasteiger partial charge in [-0.05, 0) is 50.3 Å². The first-order valence-corrected chi connectivity index (χ1v) is 9.84. The molecule has 0 radical (unpaired) electrons.